The number of pyridine rings is 1. The molecule has 0 atom stereocenters. The average Bonchev–Trinajstić information content (AvgIpc) is 2.44. The first kappa shape index (κ1) is 8.83. The first-order valence-electron chi connectivity index (χ1n) is 3.70. The van der Waals surface area contributed by atoms with Crippen LogP contribution in [0.1, 0.15) is 0 Å². The molecule has 14 heavy (non-hydrogen) atoms. The van der Waals surface area contributed by atoms with Crippen LogP contribution in [0.3, 0.4) is 0 Å². The second-order valence-corrected chi connectivity index (χ2v) is 2.98. The number of rotatable bonds is 1. The maximum absolute atomic E-state index is 10.2. The molecule has 2 N–H and O–H groups in total. The van der Waals surface area contributed by atoms with Gasteiger partial charge in [0.2, 0.25) is 5.88 Å². The van der Waals surface area contributed by atoms with Gasteiger partial charge in [-0.2, -0.15) is 0 Å². The lowest BCUT2D eigenvalue weighted by Crippen LogP contribution is -2.02. The van der Waals surface area contributed by atoms with Gasteiger partial charge in [0.1, 0.15) is 5.15 Å². The van der Waals surface area contributed by atoms with Crippen molar-refractivity contribution in [2.45, 2.75) is 0 Å². The van der Waals surface area contributed by atoms with Gasteiger partial charge in [-0.1, -0.05) is 11.6 Å². The zero-order valence-corrected chi connectivity index (χ0v) is 7.58. The predicted octanol–water partition coefficient (Wildman–Crippen LogP) is 2.27. The summed E-state index contributed by atoms with van der Waals surface area (Å²) in [6.45, 7) is 0. The molecule has 0 amide bonds. The number of hydrogen-bond donors (Lipinski definition) is 2. The molecular formula is C8H5ClN2O3. The van der Waals surface area contributed by atoms with Crippen molar-refractivity contribution in [2.24, 2.45) is 0 Å². The Morgan fingerprint density at radius 2 is 2.36 bits per heavy atom. The van der Waals surface area contributed by atoms with Crippen LogP contribution in [0.15, 0.2) is 18.3 Å². The van der Waals surface area contributed by atoms with Gasteiger partial charge < -0.3 is 14.8 Å². The Balaban J connectivity index is 2.46. The van der Waals surface area contributed by atoms with Crippen molar-refractivity contribution in [1.82, 2.24) is 9.97 Å². The molecule has 2 heterocycles. The van der Waals surface area contributed by atoms with E-state index >= 15 is 0 Å². The van der Waals surface area contributed by atoms with Crippen LogP contribution < -0.4 is 4.74 Å². The topological polar surface area (TPSA) is 75.2 Å². The highest BCUT2D eigenvalue weighted by Gasteiger charge is 2.05. The Kier molecular flexibility index (Phi) is 2.01. The normalized spacial score (nSPS) is 10.4. The number of carbonyl (C=O) groups is 1. The van der Waals surface area contributed by atoms with Gasteiger partial charge in [-0.05, 0) is 6.07 Å². The number of H-pyrrole nitrogens is 1. The third-order valence-corrected chi connectivity index (χ3v) is 1.85. The minimum atomic E-state index is -1.37. The van der Waals surface area contributed by atoms with E-state index < -0.39 is 6.16 Å². The molecule has 2 aromatic heterocycles. The minimum absolute atomic E-state index is 0.150. The Morgan fingerprint density at radius 1 is 1.57 bits per heavy atom. The lowest BCUT2D eigenvalue weighted by atomic mass is 10.3. The second-order valence-electron chi connectivity index (χ2n) is 2.60. The Morgan fingerprint density at radius 3 is 3.07 bits per heavy atom. The van der Waals surface area contributed by atoms with Crippen LogP contribution in [0, 0.1) is 0 Å². The molecule has 0 bridgehead atoms. The van der Waals surface area contributed by atoms with Crippen LogP contribution in [0.4, 0.5) is 4.79 Å². The number of hydrogen-bond acceptors (Lipinski definition) is 3. The maximum Gasteiger partial charge on any atom is 0.512 e. The fraction of sp³-hybridized carbons (Fsp3) is 0. The molecule has 0 saturated heterocycles. The Bertz CT molecular complexity index is 494. The molecule has 0 aliphatic heterocycles. The summed E-state index contributed by atoms with van der Waals surface area (Å²) in [5.41, 5.74) is 0.682. The highest BCUT2D eigenvalue weighted by atomic mass is 35.5. The van der Waals surface area contributed by atoms with Crippen molar-refractivity contribution in [1.29, 1.82) is 0 Å². The summed E-state index contributed by atoms with van der Waals surface area (Å²) >= 11 is 5.65. The van der Waals surface area contributed by atoms with E-state index in [0.717, 1.165) is 5.39 Å². The summed E-state index contributed by atoms with van der Waals surface area (Å²) in [5.74, 6) is 0.150. The van der Waals surface area contributed by atoms with Gasteiger partial charge in [-0.25, -0.2) is 9.78 Å². The third-order valence-electron chi connectivity index (χ3n) is 1.64. The number of nitrogens with zero attached hydrogens (tertiary/aromatic N) is 1. The van der Waals surface area contributed by atoms with Crippen molar-refractivity contribution in [3.63, 3.8) is 0 Å². The first-order chi connectivity index (χ1) is 6.65. The molecule has 0 radical (unpaired) electrons. The van der Waals surface area contributed by atoms with E-state index in [-0.39, 0.29) is 5.88 Å². The largest absolute Gasteiger partial charge is 0.512 e. The molecule has 5 nitrogen and oxygen atoms in total. The minimum Gasteiger partial charge on any atom is -0.449 e. The van der Waals surface area contributed by atoms with Crippen LogP contribution in [0.25, 0.3) is 10.9 Å². The Labute approximate surface area is 83.3 Å². The van der Waals surface area contributed by atoms with Crippen LogP contribution in [0.2, 0.25) is 5.15 Å². The van der Waals surface area contributed by atoms with Crippen LogP contribution >= 0.6 is 11.6 Å². The number of nitrogens with one attached hydrogen (secondary N) is 1. The molecule has 0 aliphatic carbocycles. The number of halogens is 1. The lowest BCUT2D eigenvalue weighted by molar-refractivity contribution is 0.143. The first-order valence-corrected chi connectivity index (χ1v) is 4.08. The van der Waals surface area contributed by atoms with E-state index in [1.165, 1.54) is 12.3 Å². The predicted molar refractivity (Wildman–Crippen MR) is 49.8 cm³/mol. The van der Waals surface area contributed by atoms with E-state index in [1.807, 2.05) is 0 Å². The van der Waals surface area contributed by atoms with Gasteiger partial charge in [0.15, 0.2) is 0 Å². The van der Waals surface area contributed by atoms with Crippen LogP contribution in [-0.2, 0) is 0 Å². The molecule has 0 spiro atoms. The zero-order chi connectivity index (χ0) is 10.1. The summed E-state index contributed by atoms with van der Waals surface area (Å²) in [4.78, 5) is 16.8. The molecule has 6 heteroatoms. The van der Waals surface area contributed by atoms with E-state index in [9.17, 15) is 4.79 Å². The molecule has 0 unspecified atom stereocenters. The fourth-order valence-electron chi connectivity index (χ4n) is 1.12. The summed E-state index contributed by atoms with van der Waals surface area (Å²) in [5, 5.41) is 9.44. The van der Waals surface area contributed by atoms with Crippen molar-refractivity contribution >= 4 is 28.7 Å². The van der Waals surface area contributed by atoms with Gasteiger partial charge in [-0.15, -0.1) is 0 Å². The van der Waals surface area contributed by atoms with Gasteiger partial charge in [0.25, 0.3) is 0 Å². The van der Waals surface area contributed by atoms with Crippen LogP contribution in [-0.4, -0.2) is 21.2 Å². The summed E-state index contributed by atoms with van der Waals surface area (Å²) in [6.07, 6.45) is 0.165. The number of carboxylic acid groups (broad SMARTS) is 1. The van der Waals surface area contributed by atoms with E-state index in [4.69, 9.17) is 16.7 Å². The van der Waals surface area contributed by atoms with Gasteiger partial charge in [0.05, 0.1) is 5.52 Å². The monoisotopic (exact) mass is 212 g/mol. The van der Waals surface area contributed by atoms with E-state index in [2.05, 4.69) is 14.7 Å². The molecule has 0 fully saturated rings. The molecule has 2 rings (SSSR count). The number of aromatic amines is 1. The van der Waals surface area contributed by atoms with Crippen LogP contribution in [0.5, 0.6) is 5.88 Å². The Hall–Kier alpha value is -1.75. The van der Waals surface area contributed by atoms with Gasteiger partial charge in [-0.3, -0.25) is 0 Å². The smallest absolute Gasteiger partial charge is 0.449 e. The third kappa shape index (κ3) is 1.62. The summed E-state index contributed by atoms with van der Waals surface area (Å²) < 4.78 is 4.43. The van der Waals surface area contributed by atoms with E-state index in [0.29, 0.717) is 10.7 Å². The average molecular weight is 213 g/mol. The van der Waals surface area contributed by atoms with Crippen molar-refractivity contribution < 1.29 is 14.6 Å². The SMILES string of the molecule is O=C(O)Oc1cc2cnc(Cl)cc2[nH]1. The van der Waals surface area contributed by atoms with Crippen molar-refractivity contribution in [3.8, 4) is 5.88 Å². The molecule has 0 aliphatic rings. The highest BCUT2D eigenvalue weighted by molar-refractivity contribution is 6.30. The molecule has 2 aromatic rings. The zero-order valence-electron chi connectivity index (χ0n) is 6.82. The van der Waals surface area contributed by atoms with Crippen molar-refractivity contribution in [2.75, 3.05) is 0 Å². The number of fused-ring (bicyclic) bond motifs is 1. The van der Waals surface area contributed by atoms with Gasteiger partial charge in [0, 0.05) is 17.6 Å². The number of aromatic nitrogens is 2. The molecule has 0 aromatic carbocycles. The lowest BCUT2D eigenvalue weighted by Gasteiger charge is -1.91. The second kappa shape index (κ2) is 3.19. The maximum atomic E-state index is 10.2. The fourth-order valence-corrected chi connectivity index (χ4v) is 1.28. The standard InChI is InChI=1S/C8H5ClN2O3/c9-6-2-5-4(3-10-6)1-7(11-5)14-8(12)13/h1-3,11H,(H,12,13). The summed E-state index contributed by atoms with van der Waals surface area (Å²) in [6, 6.07) is 3.12. The van der Waals surface area contributed by atoms with Crippen molar-refractivity contribution in [3.05, 3.63) is 23.5 Å². The number of ether oxygens (including phenoxy) is 1. The molecular weight excluding hydrogens is 208 g/mol. The van der Waals surface area contributed by atoms with Gasteiger partial charge >= 0.3 is 6.16 Å². The quantitative estimate of drug-likeness (QED) is 0.562. The summed E-state index contributed by atoms with van der Waals surface area (Å²) in [7, 11) is 0. The highest BCUT2D eigenvalue weighted by Crippen LogP contribution is 2.21. The van der Waals surface area contributed by atoms with E-state index in [1.54, 1.807) is 6.07 Å². The molecule has 72 valence electrons. The molecule has 0 saturated carbocycles.